The molecule has 10 nitrogen and oxygen atoms in total. The van der Waals surface area contributed by atoms with Crippen LogP contribution in [0.4, 0.5) is 5.82 Å². The van der Waals surface area contributed by atoms with Gasteiger partial charge in [-0.1, -0.05) is 6.07 Å². The van der Waals surface area contributed by atoms with Gasteiger partial charge in [0.25, 0.3) is 11.5 Å². The highest BCUT2D eigenvalue weighted by atomic mass is 32.1. The van der Waals surface area contributed by atoms with Gasteiger partial charge in [-0.3, -0.25) is 24.5 Å². The first-order valence-corrected chi connectivity index (χ1v) is 13.1. The van der Waals surface area contributed by atoms with Crippen LogP contribution in [0.25, 0.3) is 16.8 Å². The van der Waals surface area contributed by atoms with Crippen molar-refractivity contribution >= 4 is 28.7 Å². The Kier molecular flexibility index (Phi) is 6.12. The van der Waals surface area contributed by atoms with Crippen LogP contribution in [-0.4, -0.2) is 42.0 Å². The Morgan fingerprint density at radius 1 is 1.08 bits per heavy atom. The molecule has 0 aliphatic carbocycles. The first-order chi connectivity index (χ1) is 18.4. The van der Waals surface area contributed by atoms with Gasteiger partial charge in [-0.2, -0.15) is 4.52 Å². The van der Waals surface area contributed by atoms with E-state index in [0.29, 0.717) is 24.6 Å². The van der Waals surface area contributed by atoms with Gasteiger partial charge in [0.1, 0.15) is 5.69 Å². The molecular formula is C27H24N8O2S. The van der Waals surface area contributed by atoms with Gasteiger partial charge in [0, 0.05) is 71.6 Å². The molecule has 5 aromatic heterocycles. The fourth-order valence-corrected chi connectivity index (χ4v) is 5.07. The summed E-state index contributed by atoms with van der Waals surface area (Å²) in [6, 6.07) is 9.21. The molecule has 38 heavy (non-hydrogen) atoms. The summed E-state index contributed by atoms with van der Waals surface area (Å²) in [4.78, 5) is 46.2. The molecule has 0 bridgehead atoms. The third-order valence-electron chi connectivity index (χ3n) is 6.54. The lowest BCUT2D eigenvalue weighted by Gasteiger charge is -2.30. The number of aromatic nitrogens is 6. The van der Waals surface area contributed by atoms with Crippen LogP contribution >= 0.6 is 11.3 Å². The van der Waals surface area contributed by atoms with Gasteiger partial charge in [-0.05, 0) is 43.2 Å². The van der Waals surface area contributed by atoms with E-state index in [9.17, 15) is 9.59 Å². The van der Waals surface area contributed by atoms with Crippen molar-refractivity contribution in [2.75, 3.05) is 11.4 Å². The minimum Gasteiger partial charge on any atom is -0.350 e. The number of pyridine rings is 2. The Morgan fingerprint density at radius 3 is 2.74 bits per heavy atom. The maximum Gasteiger partial charge on any atom is 0.275 e. The largest absolute Gasteiger partial charge is 0.350 e. The van der Waals surface area contributed by atoms with Gasteiger partial charge in [-0.25, -0.2) is 4.98 Å². The van der Waals surface area contributed by atoms with E-state index in [1.54, 1.807) is 17.8 Å². The molecule has 190 valence electrons. The topological polar surface area (TPSA) is 118 Å². The number of aryl methyl sites for hydroxylation is 2. The van der Waals surface area contributed by atoms with E-state index in [1.165, 1.54) is 21.9 Å². The average Bonchev–Trinajstić information content (AvgIpc) is 3.45. The van der Waals surface area contributed by atoms with Crippen molar-refractivity contribution in [1.29, 1.82) is 0 Å². The first-order valence-electron chi connectivity index (χ1n) is 12.2. The summed E-state index contributed by atoms with van der Waals surface area (Å²) in [5, 5.41) is 7.43. The maximum atomic E-state index is 12.9. The van der Waals surface area contributed by atoms with Crippen LogP contribution in [-0.2, 0) is 19.5 Å². The zero-order valence-corrected chi connectivity index (χ0v) is 21.7. The Labute approximate surface area is 222 Å². The van der Waals surface area contributed by atoms with E-state index in [2.05, 4.69) is 42.4 Å². The van der Waals surface area contributed by atoms with Crippen molar-refractivity contribution < 1.29 is 4.79 Å². The molecule has 1 aliphatic rings. The quantitative estimate of drug-likeness (QED) is 0.373. The molecule has 0 unspecified atom stereocenters. The van der Waals surface area contributed by atoms with Gasteiger partial charge in [0.05, 0.1) is 12.1 Å². The maximum absolute atomic E-state index is 12.9. The zero-order chi connectivity index (χ0) is 26.2. The van der Waals surface area contributed by atoms with Crippen molar-refractivity contribution in [3.8, 4) is 11.1 Å². The number of nitrogens with one attached hydrogen (secondary N) is 1. The van der Waals surface area contributed by atoms with Crippen LogP contribution in [0.15, 0.2) is 59.2 Å². The number of hydrogen-bond acceptors (Lipinski definition) is 9. The van der Waals surface area contributed by atoms with E-state index >= 15 is 0 Å². The number of fused-ring (bicyclic) bond motifs is 2. The van der Waals surface area contributed by atoms with Gasteiger partial charge >= 0.3 is 0 Å². The highest BCUT2D eigenvalue weighted by Gasteiger charge is 2.22. The molecule has 0 fully saturated rings. The summed E-state index contributed by atoms with van der Waals surface area (Å²) in [6.45, 7) is 5.58. The first kappa shape index (κ1) is 23.9. The summed E-state index contributed by atoms with van der Waals surface area (Å²) >= 11 is 1.45. The third kappa shape index (κ3) is 4.63. The molecule has 0 spiro atoms. The monoisotopic (exact) mass is 524 g/mol. The predicted octanol–water partition coefficient (Wildman–Crippen LogP) is 3.11. The van der Waals surface area contributed by atoms with Gasteiger partial charge in [0.2, 0.25) is 0 Å². The van der Waals surface area contributed by atoms with Gasteiger partial charge in [0.15, 0.2) is 11.5 Å². The average molecular weight is 525 g/mol. The summed E-state index contributed by atoms with van der Waals surface area (Å²) in [7, 11) is 0. The van der Waals surface area contributed by atoms with Crippen LogP contribution in [0.1, 0.15) is 37.9 Å². The smallest absolute Gasteiger partial charge is 0.275 e. The normalized spacial score (nSPS) is 12.9. The molecule has 1 N–H and O–H groups in total. The number of amides is 1. The summed E-state index contributed by atoms with van der Waals surface area (Å²) in [6.07, 6.45) is 6.23. The summed E-state index contributed by atoms with van der Waals surface area (Å²) < 4.78 is 1.25. The van der Waals surface area contributed by atoms with Crippen molar-refractivity contribution in [1.82, 2.24) is 34.9 Å². The minimum atomic E-state index is -0.417. The molecule has 6 rings (SSSR count). The standard InChI is InChI=1S/C27H24N8O2S/c1-16-7-24-32-23(27(37)31-13-21-12-28-15-38-21)9-25(36)35(24)33-26(16)34-6-5-22-20(14-34)8-19(11-30-22)18-4-3-17(2)29-10-18/h3-4,7-12,15H,5-6,13-14H2,1-2H3,(H,31,37). The van der Waals surface area contributed by atoms with E-state index in [0.717, 1.165) is 51.5 Å². The lowest BCUT2D eigenvalue weighted by atomic mass is 10.0. The Balaban J connectivity index is 1.27. The lowest BCUT2D eigenvalue weighted by Crippen LogP contribution is -2.34. The Hall–Kier alpha value is -4.51. The highest BCUT2D eigenvalue weighted by molar-refractivity contribution is 7.09. The van der Waals surface area contributed by atoms with Crippen LogP contribution in [0, 0.1) is 13.8 Å². The molecule has 0 radical (unpaired) electrons. The Morgan fingerprint density at radius 2 is 1.95 bits per heavy atom. The molecule has 1 amide bonds. The number of thiazole rings is 1. The molecule has 6 heterocycles. The number of nitrogens with zero attached hydrogens (tertiary/aromatic N) is 7. The number of hydrogen-bond donors (Lipinski definition) is 1. The van der Waals surface area contributed by atoms with Crippen LogP contribution in [0.3, 0.4) is 0 Å². The number of anilines is 1. The van der Waals surface area contributed by atoms with E-state index in [1.807, 2.05) is 32.3 Å². The van der Waals surface area contributed by atoms with Crippen molar-refractivity contribution in [3.05, 3.63) is 97.9 Å². The van der Waals surface area contributed by atoms with Gasteiger partial charge in [-0.15, -0.1) is 16.4 Å². The van der Waals surface area contributed by atoms with Crippen molar-refractivity contribution in [3.63, 3.8) is 0 Å². The van der Waals surface area contributed by atoms with Gasteiger partial charge < -0.3 is 10.2 Å². The predicted molar refractivity (Wildman–Crippen MR) is 144 cm³/mol. The minimum absolute atomic E-state index is 0.0598. The molecule has 0 saturated carbocycles. The second-order valence-corrected chi connectivity index (χ2v) is 10.2. The third-order valence-corrected chi connectivity index (χ3v) is 7.32. The van der Waals surface area contributed by atoms with E-state index < -0.39 is 11.5 Å². The second kappa shape index (κ2) is 9.75. The van der Waals surface area contributed by atoms with Crippen molar-refractivity contribution in [2.24, 2.45) is 0 Å². The van der Waals surface area contributed by atoms with E-state index in [-0.39, 0.29) is 5.69 Å². The highest BCUT2D eigenvalue weighted by Crippen LogP contribution is 2.28. The number of rotatable bonds is 5. The molecule has 11 heteroatoms. The Bertz CT molecular complexity index is 1710. The van der Waals surface area contributed by atoms with Crippen molar-refractivity contribution in [2.45, 2.75) is 33.4 Å². The van der Waals surface area contributed by atoms with E-state index in [4.69, 9.17) is 4.98 Å². The number of carbonyl (C=O) groups is 1. The molecular weight excluding hydrogens is 500 g/mol. The fraction of sp³-hybridized carbons (Fsp3) is 0.222. The number of carbonyl (C=O) groups excluding carboxylic acids is 1. The molecule has 5 aromatic rings. The molecule has 0 atom stereocenters. The zero-order valence-electron chi connectivity index (χ0n) is 20.9. The summed E-state index contributed by atoms with van der Waals surface area (Å²) in [5.74, 6) is 0.288. The van der Waals surface area contributed by atoms with Crippen LogP contribution in [0.2, 0.25) is 0 Å². The second-order valence-electron chi connectivity index (χ2n) is 9.24. The van der Waals surface area contributed by atoms with Crippen LogP contribution in [0.5, 0.6) is 0 Å². The molecule has 1 aliphatic heterocycles. The van der Waals surface area contributed by atoms with Crippen LogP contribution < -0.4 is 15.8 Å². The summed E-state index contributed by atoms with van der Waals surface area (Å²) in [5.41, 5.74) is 7.74. The SMILES string of the molecule is Cc1ccc(-c2cnc3c(c2)CN(c2nn4c(=O)cc(C(=O)NCc5cncs5)nc4cc2C)CC3)cn1. The fourth-order valence-electron chi connectivity index (χ4n) is 4.54. The molecule has 0 saturated heterocycles. The lowest BCUT2D eigenvalue weighted by molar-refractivity contribution is 0.0946. The molecule has 0 aromatic carbocycles.